The number of carbonyl (C=O) groups is 2. The molecular formula is C43H45FN6O4Si. The zero-order chi connectivity index (χ0) is 38.3. The van der Waals surface area contributed by atoms with E-state index in [2.05, 4.69) is 20.6 Å². The molecule has 3 N–H and O–H groups in total. The molecule has 1 fully saturated rings. The third kappa shape index (κ3) is 6.79. The SMILES string of the molecule is C[C@H]1[C@H]([Si](C)(C)F)[C@@H](CCn2cc(C(CO)c3ccccc3)nn2)O[C@]12C(=O)N(Cc1ccc(NC(=O)Cc3c[nH]c4ccccc34)cc1)c1ccccc12. The van der Waals surface area contributed by atoms with Crippen LogP contribution < -0.4 is 10.2 Å². The predicted molar refractivity (Wildman–Crippen MR) is 213 cm³/mol. The number of nitrogens with zero attached hydrogens (tertiary/aromatic N) is 4. The van der Waals surface area contributed by atoms with Crippen molar-refractivity contribution in [3.63, 3.8) is 0 Å². The number of aromatic nitrogens is 4. The van der Waals surface area contributed by atoms with Crippen LogP contribution in [0.5, 0.6) is 0 Å². The second-order valence-electron chi connectivity index (χ2n) is 15.3. The molecule has 8 rings (SSSR count). The Balaban J connectivity index is 0.985. The topological polar surface area (TPSA) is 125 Å². The summed E-state index contributed by atoms with van der Waals surface area (Å²) in [5.74, 6) is -1.04. The van der Waals surface area contributed by atoms with Crippen LogP contribution in [-0.4, -0.2) is 58.0 Å². The first-order chi connectivity index (χ1) is 26.6. The number of fused-ring (bicyclic) bond motifs is 3. The van der Waals surface area contributed by atoms with E-state index in [0.717, 1.165) is 38.8 Å². The van der Waals surface area contributed by atoms with E-state index in [1.165, 1.54) is 0 Å². The highest BCUT2D eigenvalue weighted by Crippen LogP contribution is 2.60. The second kappa shape index (κ2) is 14.7. The van der Waals surface area contributed by atoms with Crippen LogP contribution in [-0.2, 0) is 39.4 Å². The summed E-state index contributed by atoms with van der Waals surface area (Å²) in [4.78, 5) is 32.7. The summed E-state index contributed by atoms with van der Waals surface area (Å²) >= 11 is 0. The van der Waals surface area contributed by atoms with E-state index < -0.39 is 31.6 Å². The van der Waals surface area contributed by atoms with Crippen LogP contribution in [0.1, 0.15) is 47.2 Å². The van der Waals surface area contributed by atoms with E-state index in [0.29, 0.717) is 24.3 Å². The van der Waals surface area contributed by atoms with Crippen molar-refractivity contribution in [1.29, 1.82) is 0 Å². The lowest BCUT2D eigenvalue weighted by Crippen LogP contribution is -2.45. The van der Waals surface area contributed by atoms with Gasteiger partial charge in [-0.15, -0.1) is 5.10 Å². The molecule has 0 aliphatic carbocycles. The Morgan fingerprint density at radius 1 is 1.02 bits per heavy atom. The molecule has 55 heavy (non-hydrogen) atoms. The monoisotopic (exact) mass is 756 g/mol. The van der Waals surface area contributed by atoms with E-state index in [9.17, 15) is 14.7 Å². The zero-order valence-corrected chi connectivity index (χ0v) is 32.2. The van der Waals surface area contributed by atoms with Gasteiger partial charge in [0.25, 0.3) is 5.91 Å². The average Bonchev–Trinajstić information content (AvgIpc) is 3.94. The summed E-state index contributed by atoms with van der Waals surface area (Å²) in [6.45, 7) is 5.96. The van der Waals surface area contributed by atoms with Crippen LogP contribution >= 0.6 is 0 Å². The number of nitrogens with one attached hydrogen (secondary N) is 2. The van der Waals surface area contributed by atoms with Gasteiger partial charge >= 0.3 is 0 Å². The molecule has 0 saturated carbocycles. The number of rotatable bonds is 12. The smallest absolute Gasteiger partial charge is 0.264 e. The van der Waals surface area contributed by atoms with E-state index >= 15 is 4.11 Å². The van der Waals surface area contributed by atoms with E-state index in [4.69, 9.17) is 4.74 Å². The first-order valence-electron chi connectivity index (χ1n) is 18.8. The summed E-state index contributed by atoms with van der Waals surface area (Å²) in [7, 11) is -3.36. The lowest BCUT2D eigenvalue weighted by atomic mass is 9.82. The van der Waals surface area contributed by atoms with Gasteiger partial charge in [0.15, 0.2) is 5.60 Å². The Hall–Kier alpha value is -5.43. The minimum absolute atomic E-state index is 0.108. The molecular weight excluding hydrogens is 712 g/mol. The van der Waals surface area contributed by atoms with Crippen molar-refractivity contribution in [2.75, 3.05) is 16.8 Å². The summed E-state index contributed by atoms with van der Waals surface area (Å²) in [5.41, 5.74) is 4.80. The van der Waals surface area contributed by atoms with Crippen LogP contribution in [0.2, 0.25) is 18.6 Å². The van der Waals surface area contributed by atoms with Crippen LogP contribution in [0.4, 0.5) is 15.5 Å². The fourth-order valence-electron chi connectivity index (χ4n) is 8.86. The number of hydrogen-bond acceptors (Lipinski definition) is 6. The maximum atomic E-state index is 16.4. The van der Waals surface area contributed by atoms with Gasteiger partial charge in [0.2, 0.25) is 14.3 Å². The number of amides is 2. The van der Waals surface area contributed by atoms with Crippen molar-refractivity contribution in [1.82, 2.24) is 20.0 Å². The van der Waals surface area contributed by atoms with Crippen LogP contribution in [0, 0.1) is 5.92 Å². The van der Waals surface area contributed by atoms with Crippen molar-refractivity contribution in [3.05, 3.63) is 143 Å². The number of aryl methyl sites for hydroxylation is 1. The maximum absolute atomic E-state index is 16.4. The molecule has 1 saturated heterocycles. The average molecular weight is 757 g/mol. The molecule has 2 aromatic heterocycles. The molecule has 4 aromatic carbocycles. The Bertz CT molecular complexity index is 2320. The lowest BCUT2D eigenvalue weighted by Gasteiger charge is -2.31. The minimum Gasteiger partial charge on any atom is -0.395 e. The van der Waals surface area contributed by atoms with E-state index in [1.54, 1.807) is 22.7 Å². The van der Waals surface area contributed by atoms with Gasteiger partial charge in [-0.05, 0) is 60.5 Å². The number of benzene rings is 4. The number of aliphatic hydroxyl groups is 1. The summed E-state index contributed by atoms with van der Waals surface area (Å²) in [6, 6.07) is 32.8. The molecule has 0 radical (unpaired) electrons. The number of halogens is 1. The highest BCUT2D eigenvalue weighted by molar-refractivity contribution is 6.72. The van der Waals surface area contributed by atoms with Gasteiger partial charge in [-0.2, -0.15) is 0 Å². The van der Waals surface area contributed by atoms with Gasteiger partial charge in [0.05, 0.1) is 43.0 Å². The Morgan fingerprint density at radius 2 is 1.75 bits per heavy atom. The normalized spacial score (nSPS) is 21.4. The van der Waals surface area contributed by atoms with Crippen molar-refractivity contribution in [2.45, 2.75) is 69.1 Å². The maximum Gasteiger partial charge on any atom is 0.264 e. The predicted octanol–water partition coefficient (Wildman–Crippen LogP) is 7.48. The van der Waals surface area contributed by atoms with Gasteiger partial charge < -0.3 is 29.2 Å². The Morgan fingerprint density at radius 3 is 2.51 bits per heavy atom. The molecule has 2 aliphatic rings. The zero-order valence-electron chi connectivity index (χ0n) is 31.2. The molecule has 1 spiro atoms. The van der Waals surface area contributed by atoms with Gasteiger partial charge in [0.1, 0.15) is 0 Å². The molecule has 2 aliphatic heterocycles. The first kappa shape index (κ1) is 36.5. The minimum atomic E-state index is -3.36. The fraction of sp³-hybridized carbons (Fsp3) is 0.302. The molecule has 12 heteroatoms. The number of ether oxygens (including phenoxy) is 1. The molecule has 10 nitrogen and oxygen atoms in total. The molecule has 4 heterocycles. The van der Waals surface area contributed by atoms with Crippen LogP contribution in [0.25, 0.3) is 10.9 Å². The Kier molecular flexibility index (Phi) is 9.74. The number of para-hydroxylation sites is 2. The molecule has 2 amide bonds. The Labute approximate surface area is 320 Å². The first-order valence-corrected chi connectivity index (χ1v) is 21.8. The van der Waals surface area contributed by atoms with E-state index in [-0.39, 0.29) is 37.3 Å². The molecule has 0 bridgehead atoms. The lowest BCUT2D eigenvalue weighted by molar-refractivity contribution is -0.146. The molecule has 282 valence electrons. The molecule has 1 unspecified atom stereocenters. The summed E-state index contributed by atoms with van der Waals surface area (Å²) in [6.07, 6.45) is 3.85. The molecule has 5 atom stereocenters. The highest BCUT2D eigenvalue weighted by atomic mass is 28.4. The summed E-state index contributed by atoms with van der Waals surface area (Å²) in [5, 5.41) is 22.9. The van der Waals surface area contributed by atoms with Crippen molar-refractivity contribution in [3.8, 4) is 0 Å². The fourth-order valence-corrected chi connectivity index (χ4v) is 11.4. The van der Waals surface area contributed by atoms with Crippen molar-refractivity contribution < 1.29 is 23.5 Å². The third-order valence-corrected chi connectivity index (χ3v) is 13.9. The van der Waals surface area contributed by atoms with Crippen LogP contribution in [0.3, 0.4) is 0 Å². The van der Waals surface area contributed by atoms with Gasteiger partial charge in [-0.3, -0.25) is 14.3 Å². The number of aromatic amines is 1. The largest absolute Gasteiger partial charge is 0.395 e. The quantitative estimate of drug-likeness (QED) is 0.0879. The van der Waals surface area contributed by atoms with Crippen molar-refractivity contribution in [2.24, 2.45) is 5.92 Å². The summed E-state index contributed by atoms with van der Waals surface area (Å²) < 4.78 is 25.0. The standard InChI is InChI=1S/C43H45FN6O4Si/c1-28-41(55(2,3)44)39(21-22-49-26-37(47-48-49)34(27-51)30-11-5-4-6-12-30)54-43(28)35-14-8-10-16-38(35)50(42(43)53)25-29-17-19-32(20-18-29)46-40(52)23-31-24-45-36-15-9-7-13-33(31)36/h4-20,24,26,28,34,39,41,45,51H,21-23,25,27H2,1-3H3,(H,46,52)/t28-,34?,39+,41-,43+/m0/s1. The third-order valence-electron chi connectivity index (χ3n) is 11.4. The number of anilines is 2. The van der Waals surface area contributed by atoms with Crippen molar-refractivity contribution >= 4 is 42.5 Å². The number of hydrogen-bond donors (Lipinski definition) is 3. The van der Waals surface area contributed by atoms with Gasteiger partial charge in [-0.25, -0.2) is 0 Å². The number of H-pyrrole nitrogens is 1. The van der Waals surface area contributed by atoms with Gasteiger partial charge in [-0.1, -0.05) is 91.0 Å². The van der Waals surface area contributed by atoms with Gasteiger partial charge in [0, 0.05) is 52.6 Å². The van der Waals surface area contributed by atoms with Crippen LogP contribution in [0.15, 0.2) is 116 Å². The number of aliphatic hydroxyl groups excluding tert-OH is 1. The second-order valence-corrected chi connectivity index (χ2v) is 19.1. The molecule has 6 aromatic rings. The van der Waals surface area contributed by atoms with E-state index in [1.807, 2.05) is 122 Å². The number of carbonyl (C=O) groups excluding carboxylic acids is 2. The highest BCUT2D eigenvalue weighted by Gasteiger charge is 2.66.